The minimum atomic E-state index is -0.298. The molecule has 1 atom stereocenters. The number of benzene rings is 1. The Hall–Kier alpha value is -2.40. The summed E-state index contributed by atoms with van der Waals surface area (Å²) in [5.74, 6) is 0. The van der Waals surface area contributed by atoms with E-state index >= 15 is 0 Å². The summed E-state index contributed by atoms with van der Waals surface area (Å²) in [7, 11) is 0. The van der Waals surface area contributed by atoms with E-state index in [2.05, 4.69) is 9.97 Å². The lowest BCUT2D eigenvalue weighted by Gasteiger charge is -2.08. The summed E-state index contributed by atoms with van der Waals surface area (Å²) in [6.45, 7) is 11.9. The zero-order chi connectivity index (χ0) is 18.3. The van der Waals surface area contributed by atoms with Crippen molar-refractivity contribution < 1.29 is 0 Å². The standard InChI is InChI=1S/C15H16N4O.2C2H6/c1-9-7-12-8-19(15(20)18-14(12)17-9)13-5-3-11(4-6-13)10(2)16;2*1-2/h3-8,10H,16H2,1-2H3,(H,17,18,20);2*1-2H3/t10-;;/m0../s1. The predicted molar refractivity (Wildman–Crippen MR) is 102 cm³/mol. The summed E-state index contributed by atoms with van der Waals surface area (Å²) >= 11 is 0. The summed E-state index contributed by atoms with van der Waals surface area (Å²) < 4.78 is 1.54. The lowest BCUT2D eigenvalue weighted by atomic mass is 10.1. The summed E-state index contributed by atoms with van der Waals surface area (Å²) in [5, 5.41) is 0.915. The molecule has 0 aliphatic heterocycles. The Labute approximate surface area is 143 Å². The second-order valence-corrected chi connectivity index (χ2v) is 5.03. The zero-order valence-electron chi connectivity index (χ0n) is 15.4. The Bertz CT molecular complexity index is 813. The molecule has 130 valence electrons. The lowest BCUT2D eigenvalue weighted by molar-refractivity contribution is 0.816. The number of aromatic nitrogens is 3. The van der Waals surface area contributed by atoms with Crippen molar-refractivity contribution in [1.29, 1.82) is 0 Å². The highest BCUT2D eigenvalue weighted by molar-refractivity contribution is 5.75. The molecule has 3 N–H and O–H groups in total. The topological polar surface area (TPSA) is 76.7 Å². The second kappa shape index (κ2) is 9.03. The van der Waals surface area contributed by atoms with Crippen LogP contribution in [0.15, 0.2) is 41.3 Å². The Morgan fingerprint density at radius 2 is 1.71 bits per heavy atom. The van der Waals surface area contributed by atoms with Crippen LogP contribution in [-0.4, -0.2) is 14.5 Å². The van der Waals surface area contributed by atoms with Gasteiger partial charge in [0.1, 0.15) is 5.65 Å². The molecule has 0 aliphatic carbocycles. The van der Waals surface area contributed by atoms with Gasteiger partial charge >= 0.3 is 5.69 Å². The molecular weight excluding hydrogens is 300 g/mol. The van der Waals surface area contributed by atoms with Crippen LogP contribution in [0, 0.1) is 6.92 Å². The van der Waals surface area contributed by atoms with Crippen LogP contribution in [0.4, 0.5) is 0 Å². The quantitative estimate of drug-likeness (QED) is 0.743. The first-order valence-electron chi connectivity index (χ1n) is 8.49. The van der Waals surface area contributed by atoms with Crippen LogP contribution in [0.25, 0.3) is 16.7 Å². The van der Waals surface area contributed by atoms with Gasteiger partial charge in [-0.25, -0.2) is 4.79 Å². The number of nitrogens with one attached hydrogen (secondary N) is 1. The largest absolute Gasteiger partial charge is 0.354 e. The van der Waals surface area contributed by atoms with Gasteiger partial charge in [-0.1, -0.05) is 39.8 Å². The molecule has 1 aromatic carbocycles. The van der Waals surface area contributed by atoms with Crippen LogP contribution in [0.1, 0.15) is 51.9 Å². The molecule has 2 heterocycles. The Kier molecular flexibility index (Phi) is 7.39. The monoisotopic (exact) mass is 328 g/mol. The van der Waals surface area contributed by atoms with E-state index in [1.54, 1.807) is 10.8 Å². The molecule has 24 heavy (non-hydrogen) atoms. The number of hydrogen-bond donors (Lipinski definition) is 2. The molecule has 3 aromatic rings. The van der Waals surface area contributed by atoms with Crippen LogP contribution in [0.2, 0.25) is 0 Å². The zero-order valence-corrected chi connectivity index (χ0v) is 15.4. The third-order valence-corrected chi connectivity index (χ3v) is 3.34. The third-order valence-electron chi connectivity index (χ3n) is 3.34. The first kappa shape index (κ1) is 19.6. The van der Waals surface area contributed by atoms with Gasteiger partial charge in [-0.05, 0) is 37.6 Å². The highest BCUT2D eigenvalue weighted by Crippen LogP contribution is 2.15. The molecule has 0 amide bonds. The summed E-state index contributed by atoms with van der Waals surface area (Å²) in [4.78, 5) is 19.2. The van der Waals surface area contributed by atoms with Crippen LogP contribution in [0.3, 0.4) is 0 Å². The molecule has 0 aliphatic rings. The maximum absolute atomic E-state index is 12.1. The van der Waals surface area contributed by atoms with Gasteiger partial charge in [-0.2, -0.15) is 4.98 Å². The lowest BCUT2D eigenvalue weighted by Crippen LogP contribution is -2.20. The number of nitrogens with zero attached hydrogens (tertiary/aromatic N) is 2. The van der Waals surface area contributed by atoms with Crippen molar-refractivity contribution in [2.75, 3.05) is 0 Å². The maximum atomic E-state index is 12.1. The molecule has 2 aromatic heterocycles. The summed E-state index contributed by atoms with van der Waals surface area (Å²) in [5.41, 5.74) is 8.95. The third kappa shape index (κ3) is 4.32. The normalized spacial score (nSPS) is 11.1. The first-order chi connectivity index (χ1) is 11.5. The fourth-order valence-electron chi connectivity index (χ4n) is 2.25. The molecule has 0 spiro atoms. The van der Waals surface area contributed by atoms with Gasteiger partial charge in [-0.15, -0.1) is 0 Å². The number of rotatable bonds is 2. The molecule has 0 radical (unpaired) electrons. The minimum absolute atomic E-state index is 0.0197. The first-order valence-corrected chi connectivity index (χ1v) is 8.49. The van der Waals surface area contributed by atoms with Gasteiger partial charge in [-0.3, -0.25) is 4.57 Å². The average molecular weight is 328 g/mol. The van der Waals surface area contributed by atoms with Gasteiger partial charge < -0.3 is 10.7 Å². The average Bonchev–Trinajstić information content (AvgIpc) is 2.96. The van der Waals surface area contributed by atoms with Crippen LogP contribution in [-0.2, 0) is 0 Å². The highest BCUT2D eigenvalue weighted by atomic mass is 16.1. The molecule has 0 fully saturated rings. The molecule has 5 nitrogen and oxygen atoms in total. The number of H-pyrrole nitrogens is 1. The maximum Gasteiger partial charge on any atom is 0.354 e. The Morgan fingerprint density at radius 3 is 2.25 bits per heavy atom. The van der Waals surface area contributed by atoms with Gasteiger partial charge in [0.05, 0.1) is 5.69 Å². The van der Waals surface area contributed by atoms with Crippen molar-refractivity contribution in [3.05, 3.63) is 58.3 Å². The fourth-order valence-corrected chi connectivity index (χ4v) is 2.25. The van der Waals surface area contributed by atoms with E-state index in [-0.39, 0.29) is 11.7 Å². The van der Waals surface area contributed by atoms with Crippen molar-refractivity contribution in [1.82, 2.24) is 14.5 Å². The number of nitrogens with two attached hydrogens (primary N) is 1. The van der Waals surface area contributed by atoms with Crippen molar-refractivity contribution >= 4 is 11.0 Å². The number of aromatic amines is 1. The van der Waals surface area contributed by atoms with E-state index in [0.29, 0.717) is 5.65 Å². The van der Waals surface area contributed by atoms with Crippen molar-refractivity contribution in [2.24, 2.45) is 5.73 Å². The SMILES string of the molecule is CC.CC.Cc1cc2cn(-c3ccc([C@H](C)N)cc3)c(=O)nc2[nH]1. The minimum Gasteiger partial charge on any atom is -0.343 e. The molecular formula is C19H28N4O. The van der Waals surface area contributed by atoms with E-state index in [9.17, 15) is 4.79 Å². The van der Waals surface area contributed by atoms with Crippen molar-refractivity contribution in [3.8, 4) is 5.69 Å². The van der Waals surface area contributed by atoms with E-state index in [1.807, 2.05) is 71.9 Å². The predicted octanol–water partition coefficient (Wildman–Crippen LogP) is 4.09. The number of hydrogen-bond acceptors (Lipinski definition) is 3. The molecule has 0 saturated heterocycles. The van der Waals surface area contributed by atoms with E-state index < -0.39 is 0 Å². The summed E-state index contributed by atoms with van der Waals surface area (Å²) in [6.07, 6.45) is 1.80. The molecule has 5 heteroatoms. The van der Waals surface area contributed by atoms with E-state index in [4.69, 9.17) is 5.73 Å². The molecule has 0 saturated carbocycles. The highest BCUT2D eigenvalue weighted by Gasteiger charge is 2.06. The Balaban J connectivity index is 0.000000671. The van der Waals surface area contributed by atoms with Gasteiger partial charge in [0.2, 0.25) is 0 Å². The van der Waals surface area contributed by atoms with Crippen molar-refractivity contribution in [3.63, 3.8) is 0 Å². The molecule has 0 unspecified atom stereocenters. The molecule has 0 bridgehead atoms. The van der Waals surface area contributed by atoms with Gasteiger partial charge in [0, 0.05) is 23.3 Å². The van der Waals surface area contributed by atoms with E-state index in [1.165, 1.54) is 0 Å². The Morgan fingerprint density at radius 1 is 1.12 bits per heavy atom. The van der Waals surface area contributed by atoms with Crippen molar-refractivity contribution in [2.45, 2.75) is 47.6 Å². The van der Waals surface area contributed by atoms with Gasteiger partial charge in [0.15, 0.2) is 0 Å². The van der Waals surface area contributed by atoms with Crippen LogP contribution in [0.5, 0.6) is 0 Å². The van der Waals surface area contributed by atoms with Gasteiger partial charge in [0.25, 0.3) is 0 Å². The summed E-state index contributed by atoms with van der Waals surface area (Å²) in [6, 6.07) is 9.57. The fraction of sp³-hybridized carbons (Fsp3) is 0.368. The second-order valence-electron chi connectivity index (χ2n) is 5.03. The van der Waals surface area contributed by atoms with Crippen LogP contribution >= 0.6 is 0 Å². The van der Waals surface area contributed by atoms with E-state index in [0.717, 1.165) is 22.3 Å². The smallest absolute Gasteiger partial charge is 0.343 e. The number of aryl methyl sites for hydroxylation is 1. The molecule has 3 rings (SSSR count). The van der Waals surface area contributed by atoms with Crippen LogP contribution < -0.4 is 11.4 Å². The number of fused-ring (bicyclic) bond motifs is 1.